The highest BCUT2D eigenvalue weighted by Gasteiger charge is 2.24. The molecule has 76 valence electrons. The van der Waals surface area contributed by atoms with E-state index < -0.39 is 22.9 Å². The van der Waals surface area contributed by atoms with Gasteiger partial charge in [0.05, 0.1) is 0 Å². The lowest BCUT2D eigenvalue weighted by Crippen LogP contribution is -2.01. The zero-order chi connectivity index (χ0) is 10.9. The number of halogens is 4. The van der Waals surface area contributed by atoms with E-state index in [0.29, 0.717) is 3.57 Å². The van der Waals surface area contributed by atoms with Gasteiger partial charge in [0.25, 0.3) is 0 Å². The maximum Gasteiger partial charge on any atom is 0.378 e. The molecule has 0 saturated heterocycles. The van der Waals surface area contributed by atoms with Crippen molar-refractivity contribution in [1.82, 2.24) is 4.98 Å². The van der Waals surface area contributed by atoms with E-state index in [2.05, 4.69) is 4.98 Å². The Bertz CT molecular complexity index is 386. The van der Waals surface area contributed by atoms with Crippen molar-refractivity contribution in [2.24, 2.45) is 0 Å². The molecule has 1 aromatic rings. The summed E-state index contributed by atoms with van der Waals surface area (Å²) in [4.78, 5) is 12.9. The first-order valence-corrected chi connectivity index (χ1v) is 5.37. The van der Waals surface area contributed by atoms with Gasteiger partial charge in [0.1, 0.15) is 3.57 Å². The van der Waals surface area contributed by atoms with Crippen LogP contribution >= 0.6 is 45.2 Å². The maximum atomic E-state index is 12.2. The average molecular weight is 426 g/mol. The molecule has 14 heavy (non-hydrogen) atoms. The van der Waals surface area contributed by atoms with Crippen LogP contribution < -0.4 is 0 Å². The Balaban J connectivity index is 3.35. The predicted molar refractivity (Wildman–Crippen MR) is 61.3 cm³/mol. The van der Waals surface area contributed by atoms with Gasteiger partial charge in [-0.05, 0) is 55.1 Å². The van der Waals surface area contributed by atoms with Crippen molar-refractivity contribution in [2.75, 3.05) is 0 Å². The summed E-state index contributed by atoms with van der Waals surface area (Å²) in [6.07, 6.45) is -2.79. The third-order valence-electron chi connectivity index (χ3n) is 1.31. The number of hydrogen-bond donors (Lipinski definition) is 0. The second kappa shape index (κ2) is 4.59. The van der Waals surface area contributed by atoms with Gasteiger partial charge in [0, 0.05) is 9.64 Å². The fraction of sp³-hybridized carbons (Fsp3) is 0.167. The lowest BCUT2D eigenvalue weighted by molar-refractivity contribution is -0.390. The normalized spacial score (nSPS) is 10.6. The van der Waals surface area contributed by atoms with E-state index in [0.717, 1.165) is 6.07 Å². The molecule has 0 aliphatic rings. The van der Waals surface area contributed by atoms with Gasteiger partial charge in [-0.25, -0.2) is 8.78 Å². The zero-order valence-electron chi connectivity index (χ0n) is 6.38. The number of pyridine rings is 1. The van der Waals surface area contributed by atoms with E-state index in [9.17, 15) is 18.9 Å². The molecular weight excluding hydrogens is 424 g/mol. The number of rotatable bonds is 2. The molecule has 0 N–H and O–H groups in total. The Labute approximate surface area is 105 Å². The van der Waals surface area contributed by atoms with Gasteiger partial charge >= 0.3 is 12.2 Å². The van der Waals surface area contributed by atoms with Crippen LogP contribution in [0, 0.1) is 17.3 Å². The van der Waals surface area contributed by atoms with Gasteiger partial charge in [-0.2, -0.15) is 0 Å². The van der Waals surface area contributed by atoms with Crippen molar-refractivity contribution in [3.8, 4) is 0 Å². The second-order valence-electron chi connectivity index (χ2n) is 2.22. The summed E-state index contributed by atoms with van der Waals surface area (Å²) in [5.41, 5.74) is -0.568. The first-order valence-electron chi connectivity index (χ1n) is 3.22. The lowest BCUT2D eigenvalue weighted by Gasteiger charge is -2.00. The van der Waals surface area contributed by atoms with Gasteiger partial charge in [-0.1, -0.05) is 0 Å². The smallest absolute Gasteiger partial charge is 0.358 e. The first-order chi connectivity index (χ1) is 6.43. The summed E-state index contributed by atoms with van der Waals surface area (Å²) in [7, 11) is 0. The largest absolute Gasteiger partial charge is 0.378 e. The van der Waals surface area contributed by atoms with Crippen LogP contribution in [0.5, 0.6) is 0 Å². The van der Waals surface area contributed by atoms with Crippen molar-refractivity contribution < 1.29 is 13.7 Å². The summed E-state index contributed by atoms with van der Waals surface area (Å²) < 4.78 is 25.1. The van der Waals surface area contributed by atoms with Crippen LogP contribution in [0.1, 0.15) is 12.1 Å². The summed E-state index contributed by atoms with van der Waals surface area (Å²) in [5.74, 6) is -0.521. The molecule has 0 aromatic carbocycles. The molecule has 4 nitrogen and oxygen atoms in total. The molecule has 0 aliphatic heterocycles. The molecule has 1 heterocycles. The minimum absolute atomic E-state index is 0.276. The first kappa shape index (κ1) is 11.9. The summed E-state index contributed by atoms with van der Waals surface area (Å²) in [6, 6.07) is 1.14. The predicted octanol–water partition coefficient (Wildman–Crippen LogP) is 3.14. The SMILES string of the molecule is O=[N+]([O-])c1nc(C(F)F)cc(I)c1I. The van der Waals surface area contributed by atoms with Gasteiger partial charge in [-0.15, -0.1) is 0 Å². The Morgan fingerprint density at radius 1 is 1.50 bits per heavy atom. The Morgan fingerprint density at radius 3 is 2.50 bits per heavy atom. The molecule has 0 atom stereocenters. The van der Waals surface area contributed by atoms with Crippen molar-refractivity contribution in [3.05, 3.63) is 29.0 Å². The third-order valence-corrected chi connectivity index (χ3v) is 4.26. The molecule has 0 radical (unpaired) electrons. The molecule has 0 aliphatic carbocycles. The van der Waals surface area contributed by atoms with E-state index in [1.54, 1.807) is 45.2 Å². The minimum atomic E-state index is -2.79. The topological polar surface area (TPSA) is 56.0 Å². The summed E-state index contributed by atoms with van der Waals surface area (Å²) in [5, 5.41) is 10.4. The van der Waals surface area contributed by atoms with E-state index in [4.69, 9.17) is 0 Å². The van der Waals surface area contributed by atoms with E-state index in [1.807, 2.05) is 0 Å². The van der Waals surface area contributed by atoms with Crippen LogP contribution in [-0.2, 0) is 0 Å². The highest BCUT2D eigenvalue weighted by molar-refractivity contribution is 14.1. The highest BCUT2D eigenvalue weighted by Crippen LogP contribution is 2.28. The maximum absolute atomic E-state index is 12.2. The Hall–Kier alpha value is -0.130. The summed E-state index contributed by atoms with van der Waals surface area (Å²) >= 11 is 3.46. The average Bonchev–Trinajstić information content (AvgIpc) is 2.08. The highest BCUT2D eigenvalue weighted by atomic mass is 127. The van der Waals surface area contributed by atoms with Gasteiger partial charge in [-0.3, -0.25) is 0 Å². The fourth-order valence-corrected chi connectivity index (χ4v) is 1.77. The van der Waals surface area contributed by atoms with Crippen LogP contribution in [-0.4, -0.2) is 9.91 Å². The van der Waals surface area contributed by atoms with Crippen LogP contribution in [0.4, 0.5) is 14.6 Å². The van der Waals surface area contributed by atoms with E-state index >= 15 is 0 Å². The van der Waals surface area contributed by atoms with Crippen LogP contribution in [0.2, 0.25) is 0 Å². The second-order valence-corrected chi connectivity index (χ2v) is 4.47. The van der Waals surface area contributed by atoms with Gasteiger partial charge < -0.3 is 10.1 Å². The standard InChI is InChI=1S/C6H2F2I2N2O2/c7-5(8)3-1-2(9)4(10)6(11-3)12(13)14/h1,5H. The van der Waals surface area contributed by atoms with Crippen molar-refractivity contribution in [2.45, 2.75) is 6.43 Å². The molecule has 0 bridgehead atoms. The van der Waals surface area contributed by atoms with Crippen molar-refractivity contribution in [3.63, 3.8) is 0 Å². The third kappa shape index (κ3) is 2.46. The summed E-state index contributed by atoms with van der Waals surface area (Å²) in [6.45, 7) is 0. The Kier molecular flexibility index (Phi) is 3.92. The minimum Gasteiger partial charge on any atom is -0.358 e. The van der Waals surface area contributed by atoms with Gasteiger partial charge in [0.2, 0.25) is 5.69 Å². The number of nitro groups is 1. The number of alkyl halides is 2. The van der Waals surface area contributed by atoms with Crippen LogP contribution in [0.15, 0.2) is 6.07 Å². The van der Waals surface area contributed by atoms with Crippen molar-refractivity contribution in [1.29, 1.82) is 0 Å². The number of aromatic nitrogens is 1. The monoisotopic (exact) mass is 426 g/mol. The fourth-order valence-electron chi connectivity index (χ4n) is 0.736. The molecule has 0 spiro atoms. The van der Waals surface area contributed by atoms with E-state index in [1.165, 1.54) is 0 Å². The van der Waals surface area contributed by atoms with E-state index in [-0.39, 0.29) is 3.57 Å². The molecule has 1 aromatic heterocycles. The molecule has 0 amide bonds. The van der Waals surface area contributed by atoms with Crippen LogP contribution in [0.3, 0.4) is 0 Å². The number of nitrogens with zero attached hydrogens (tertiary/aromatic N) is 2. The lowest BCUT2D eigenvalue weighted by atomic mass is 10.3. The molecular formula is C6H2F2I2N2O2. The zero-order valence-corrected chi connectivity index (χ0v) is 10.7. The molecule has 0 fully saturated rings. The molecule has 8 heteroatoms. The number of hydrogen-bond acceptors (Lipinski definition) is 3. The van der Waals surface area contributed by atoms with Gasteiger partial charge in [0.15, 0.2) is 0 Å². The Morgan fingerprint density at radius 2 is 2.07 bits per heavy atom. The van der Waals surface area contributed by atoms with Crippen molar-refractivity contribution >= 4 is 51.0 Å². The van der Waals surface area contributed by atoms with Crippen LogP contribution in [0.25, 0.3) is 0 Å². The molecule has 0 saturated carbocycles. The quantitative estimate of drug-likeness (QED) is 0.415. The molecule has 1 rings (SSSR count). The molecule has 0 unspecified atom stereocenters.